The summed E-state index contributed by atoms with van der Waals surface area (Å²) in [6, 6.07) is 7.23. The van der Waals surface area contributed by atoms with Crippen molar-refractivity contribution in [3.63, 3.8) is 0 Å². The largest absolute Gasteiger partial charge is 0.497 e. The molecule has 0 heterocycles. The summed E-state index contributed by atoms with van der Waals surface area (Å²) in [5, 5.41) is 12.1. The quantitative estimate of drug-likeness (QED) is 0.771. The van der Waals surface area contributed by atoms with Crippen molar-refractivity contribution in [2.45, 2.75) is 33.1 Å². The Balaban J connectivity index is 2.58. The van der Waals surface area contributed by atoms with Gasteiger partial charge in [0.25, 0.3) is 0 Å². The topological polar surface area (TPSA) is 75.6 Å². The SMILES string of the molecule is CCC(CC)(CNC(=O)Cc1ccc(OC)cc1)C(=O)O. The number of carboxylic acid groups (broad SMARTS) is 1. The molecule has 0 fully saturated rings. The summed E-state index contributed by atoms with van der Waals surface area (Å²) in [6.07, 6.45) is 1.20. The van der Waals surface area contributed by atoms with E-state index in [9.17, 15) is 14.7 Å². The van der Waals surface area contributed by atoms with Crippen molar-refractivity contribution in [2.24, 2.45) is 5.41 Å². The number of nitrogens with one attached hydrogen (secondary N) is 1. The predicted molar refractivity (Wildman–Crippen MR) is 80.4 cm³/mol. The second-order valence-corrected chi connectivity index (χ2v) is 5.09. The Bertz CT molecular complexity index is 478. The van der Waals surface area contributed by atoms with Crippen LogP contribution in [0.15, 0.2) is 24.3 Å². The summed E-state index contributed by atoms with van der Waals surface area (Å²) in [7, 11) is 1.59. The molecule has 1 amide bonds. The van der Waals surface area contributed by atoms with Gasteiger partial charge in [0.05, 0.1) is 18.9 Å². The average molecular weight is 293 g/mol. The fraction of sp³-hybridized carbons (Fsp3) is 0.500. The molecule has 0 saturated carbocycles. The minimum atomic E-state index is -0.879. The van der Waals surface area contributed by atoms with Gasteiger partial charge in [0, 0.05) is 6.54 Å². The van der Waals surface area contributed by atoms with Crippen LogP contribution in [-0.4, -0.2) is 30.6 Å². The van der Waals surface area contributed by atoms with Crippen molar-refractivity contribution in [2.75, 3.05) is 13.7 Å². The highest BCUT2D eigenvalue weighted by Crippen LogP contribution is 2.25. The molecule has 1 aromatic rings. The van der Waals surface area contributed by atoms with Gasteiger partial charge in [-0.1, -0.05) is 26.0 Å². The fourth-order valence-corrected chi connectivity index (χ4v) is 2.14. The molecule has 21 heavy (non-hydrogen) atoms. The first kappa shape index (κ1) is 17.0. The van der Waals surface area contributed by atoms with Gasteiger partial charge in [0.2, 0.25) is 5.91 Å². The van der Waals surface area contributed by atoms with Gasteiger partial charge in [-0.25, -0.2) is 0 Å². The zero-order valence-electron chi connectivity index (χ0n) is 12.8. The summed E-state index contributed by atoms with van der Waals surface area (Å²) in [6.45, 7) is 3.81. The summed E-state index contributed by atoms with van der Waals surface area (Å²) in [4.78, 5) is 23.3. The summed E-state index contributed by atoms with van der Waals surface area (Å²) < 4.78 is 5.06. The van der Waals surface area contributed by atoms with E-state index in [1.54, 1.807) is 19.2 Å². The van der Waals surface area contributed by atoms with Crippen molar-refractivity contribution in [3.8, 4) is 5.75 Å². The molecule has 5 nitrogen and oxygen atoms in total. The number of benzene rings is 1. The summed E-state index contributed by atoms with van der Waals surface area (Å²) in [5.74, 6) is -0.300. The lowest BCUT2D eigenvalue weighted by molar-refractivity contribution is -0.149. The number of ether oxygens (including phenoxy) is 1. The van der Waals surface area contributed by atoms with Crippen LogP contribution in [0.2, 0.25) is 0 Å². The maximum atomic E-state index is 11.9. The third-order valence-corrected chi connectivity index (χ3v) is 3.95. The van der Waals surface area contributed by atoms with E-state index >= 15 is 0 Å². The van der Waals surface area contributed by atoms with Gasteiger partial charge >= 0.3 is 5.97 Å². The number of hydrogen-bond acceptors (Lipinski definition) is 3. The summed E-state index contributed by atoms with van der Waals surface area (Å²) in [5.41, 5.74) is -0.0162. The van der Waals surface area contributed by atoms with Crippen molar-refractivity contribution in [3.05, 3.63) is 29.8 Å². The third-order valence-electron chi connectivity index (χ3n) is 3.95. The lowest BCUT2D eigenvalue weighted by atomic mass is 9.82. The van der Waals surface area contributed by atoms with Crippen LogP contribution in [0.3, 0.4) is 0 Å². The standard InChI is InChI=1S/C16H23NO4/c1-4-16(5-2,15(19)20)11-17-14(18)10-12-6-8-13(21-3)9-7-12/h6-9H,4-5,10-11H2,1-3H3,(H,17,18)(H,19,20). The monoisotopic (exact) mass is 293 g/mol. The van der Waals surface area contributed by atoms with Gasteiger partial charge in [0.1, 0.15) is 5.75 Å². The molecule has 1 aromatic carbocycles. The van der Waals surface area contributed by atoms with Crippen LogP contribution >= 0.6 is 0 Å². The second kappa shape index (κ2) is 7.67. The Hall–Kier alpha value is -2.04. The van der Waals surface area contributed by atoms with Gasteiger partial charge in [0.15, 0.2) is 0 Å². The highest BCUT2D eigenvalue weighted by Gasteiger charge is 2.35. The van der Waals surface area contributed by atoms with E-state index in [0.717, 1.165) is 11.3 Å². The molecule has 0 spiro atoms. The van der Waals surface area contributed by atoms with Crippen LogP contribution in [-0.2, 0) is 16.0 Å². The van der Waals surface area contributed by atoms with E-state index < -0.39 is 11.4 Å². The number of carboxylic acids is 1. The van der Waals surface area contributed by atoms with E-state index in [1.807, 2.05) is 26.0 Å². The van der Waals surface area contributed by atoms with E-state index in [0.29, 0.717) is 12.8 Å². The van der Waals surface area contributed by atoms with Gasteiger partial charge in [-0.05, 0) is 30.5 Å². The number of aliphatic carboxylic acids is 1. The predicted octanol–water partition coefficient (Wildman–Crippen LogP) is 2.24. The molecule has 0 aliphatic carbocycles. The first-order valence-electron chi connectivity index (χ1n) is 7.10. The zero-order valence-corrected chi connectivity index (χ0v) is 12.8. The molecule has 116 valence electrons. The fourth-order valence-electron chi connectivity index (χ4n) is 2.14. The normalized spacial score (nSPS) is 11.0. The Morgan fingerprint density at radius 1 is 1.19 bits per heavy atom. The lowest BCUT2D eigenvalue weighted by Gasteiger charge is -2.26. The third kappa shape index (κ3) is 4.48. The number of rotatable bonds is 8. The van der Waals surface area contributed by atoms with E-state index in [-0.39, 0.29) is 18.9 Å². The minimum absolute atomic E-state index is 0.157. The van der Waals surface area contributed by atoms with Crippen molar-refractivity contribution < 1.29 is 19.4 Å². The first-order chi connectivity index (χ1) is 9.97. The number of amides is 1. The van der Waals surface area contributed by atoms with Crippen LogP contribution in [0.4, 0.5) is 0 Å². The number of carbonyl (C=O) groups is 2. The number of methoxy groups -OCH3 is 1. The average Bonchev–Trinajstić information content (AvgIpc) is 2.49. The molecule has 0 aliphatic heterocycles. The summed E-state index contributed by atoms with van der Waals surface area (Å²) >= 11 is 0. The number of hydrogen-bond donors (Lipinski definition) is 2. The maximum Gasteiger partial charge on any atom is 0.311 e. The molecule has 0 aliphatic rings. The van der Waals surface area contributed by atoms with Gasteiger partial charge < -0.3 is 15.2 Å². The Morgan fingerprint density at radius 2 is 1.76 bits per heavy atom. The molecular weight excluding hydrogens is 270 g/mol. The minimum Gasteiger partial charge on any atom is -0.497 e. The van der Waals surface area contributed by atoms with Crippen LogP contribution in [0.25, 0.3) is 0 Å². The lowest BCUT2D eigenvalue weighted by Crippen LogP contribution is -2.42. The van der Waals surface area contributed by atoms with Crippen LogP contribution in [0.5, 0.6) is 5.75 Å². The van der Waals surface area contributed by atoms with Crippen molar-refractivity contribution in [1.82, 2.24) is 5.32 Å². The number of carbonyl (C=O) groups excluding carboxylic acids is 1. The maximum absolute atomic E-state index is 11.9. The molecule has 5 heteroatoms. The van der Waals surface area contributed by atoms with Crippen LogP contribution < -0.4 is 10.1 Å². The van der Waals surface area contributed by atoms with Gasteiger partial charge in [-0.15, -0.1) is 0 Å². The first-order valence-corrected chi connectivity index (χ1v) is 7.10. The van der Waals surface area contributed by atoms with Crippen molar-refractivity contribution in [1.29, 1.82) is 0 Å². The molecule has 0 saturated heterocycles. The molecule has 0 radical (unpaired) electrons. The van der Waals surface area contributed by atoms with Gasteiger partial charge in [-0.3, -0.25) is 9.59 Å². The zero-order chi connectivity index (χ0) is 15.9. The van der Waals surface area contributed by atoms with Crippen molar-refractivity contribution >= 4 is 11.9 Å². The Kier molecular flexibility index (Phi) is 6.21. The smallest absolute Gasteiger partial charge is 0.311 e. The molecule has 0 unspecified atom stereocenters. The van der Waals surface area contributed by atoms with E-state index in [4.69, 9.17) is 4.74 Å². The van der Waals surface area contributed by atoms with Crippen LogP contribution in [0.1, 0.15) is 32.3 Å². The highest BCUT2D eigenvalue weighted by atomic mass is 16.5. The van der Waals surface area contributed by atoms with Crippen LogP contribution in [0, 0.1) is 5.41 Å². The molecule has 1 rings (SSSR count). The molecule has 0 atom stereocenters. The Labute approximate surface area is 125 Å². The van der Waals surface area contributed by atoms with E-state index in [1.165, 1.54) is 0 Å². The van der Waals surface area contributed by atoms with Gasteiger partial charge in [-0.2, -0.15) is 0 Å². The second-order valence-electron chi connectivity index (χ2n) is 5.09. The Morgan fingerprint density at radius 3 is 2.19 bits per heavy atom. The molecule has 0 bridgehead atoms. The molecule has 0 aromatic heterocycles. The molecular formula is C16H23NO4. The van der Waals surface area contributed by atoms with E-state index in [2.05, 4.69) is 5.32 Å². The highest BCUT2D eigenvalue weighted by molar-refractivity contribution is 5.80. The molecule has 2 N–H and O–H groups in total.